The highest BCUT2D eigenvalue weighted by Crippen LogP contribution is 2.32. The van der Waals surface area contributed by atoms with E-state index in [1.54, 1.807) is 13.8 Å². The molecule has 1 atom stereocenters. The number of esters is 2. The molecule has 10 nitrogen and oxygen atoms in total. The number of halogens is 1. The molecule has 2 aromatic heterocycles. The average Bonchev–Trinajstić information content (AvgIpc) is 3.22. The van der Waals surface area contributed by atoms with E-state index in [1.165, 1.54) is 33.1 Å². The Hall–Kier alpha value is -3.51. The number of carbonyl (C=O) groups excluding carboxylic acids is 2. The van der Waals surface area contributed by atoms with Gasteiger partial charge in [0.1, 0.15) is 32.9 Å². The van der Waals surface area contributed by atoms with Crippen LogP contribution in [0.15, 0.2) is 27.8 Å². The summed E-state index contributed by atoms with van der Waals surface area (Å²) < 4.78 is 31.6. The third-order valence-corrected chi connectivity index (χ3v) is 7.48. The lowest BCUT2D eigenvalue weighted by atomic mass is 10.0. The Morgan fingerprint density at radius 1 is 1.18 bits per heavy atom. The predicted octanol–water partition coefficient (Wildman–Crippen LogP) is 3.53. The summed E-state index contributed by atoms with van der Waals surface area (Å²) in [5.74, 6) is -1.90. The standard InChI is InChI=1S/C27H33FN2O8S/c1-8-37-24(33)21-15(4)20-22(32)30(27(5,6)25(34)38-13-14(2)3)26(35)29(23(20)39-21)12-18(31)17-11-16(28)9-10-19(17)36-7/h9-11,14,18,31H,8,12-13H2,1-7H3/t18-/m0/s1. The smallest absolute Gasteiger partial charge is 0.348 e. The lowest BCUT2D eigenvalue weighted by Gasteiger charge is -2.26. The molecule has 0 amide bonds. The van der Waals surface area contributed by atoms with Crippen LogP contribution < -0.4 is 16.0 Å². The summed E-state index contributed by atoms with van der Waals surface area (Å²) in [5, 5.41) is 11.1. The van der Waals surface area contributed by atoms with Gasteiger partial charge >= 0.3 is 17.6 Å². The largest absolute Gasteiger partial charge is 0.496 e. The van der Waals surface area contributed by atoms with E-state index in [1.807, 2.05) is 13.8 Å². The van der Waals surface area contributed by atoms with E-state index in [2.05, 4.69) is 0 Å². The number of aryl methyl sites for hydroxylation is 1. The van der Waals surface area contributed by atoms with E-state index in [4.69, 9.17) is 14.2 Å². The normalized spacial score (nSPS) is 12.6. The van der Waals surface area contributed by atoms with Gasteiger partial charge in [-0.2, -0.15) is 0 Å². The van der Waals surface area contributed by atoms with E-state index >= 15 is 0 Å². The molecule has 0 bridgehead atoms. The zero-order chi connectivity index (χ0) is 29.2. The first-order valence-corrected chi connectivity index (χ1v) is 13.2. The molecule has 2 heterocycles. The van der Waals surface area contributed by atoms with E-state index in [9.17, 15) is 28.7 Å². The van der Waals surface area contributed by atoms with Gasteiger partial charge in [0.15, 0.2) is 0 Å². The van der Waals surface area contributed by atoms with Crippen molar-refractivity contribution in [3.63, 3.8) is 0 Å². The van der Waals surface area contributed by atoms with Crippen LogP contribution in [0.5, 0.6) is 5.75 Å². The summed E-state index contributed by atoms with van der Waals surface area (Å²) in [6.07, 6.45) is -1.45. The number of benzene rings is 1. The number of ether oxygens (including phenoxy) is 3. The van der Waals surface area contributed by atoms with Gasteiger partial charge in [0.25, 0.3) is 5.56 Å². The second-order valence-corrected chi connectivity index (χ2v) is 10.9. The first-order valence-electron chi connectivity index (χ1n) is 12.4. The summed E-state index contributed by atoms with van der Waals surface area (Å²) >= 11 is 0.862. The summed E-state index contributed by atoms with van der Waals surface area (Å²) in [4.78, 5) is 53.6. The second-order valence-electron chi connectivity index (χ2n) is 9.94. The number of nitrogens with zero attached hydrogens (tertiary/aromatic N) is 2. The Bertz CT molecular complexity index is 1520. The molecule has 0 radical (unpaired) electrons. The van der Waals surface area contributed by atoms with Crippen molar-refractivity contribution in [3.05, 3.63) is 60.9 Å². The maximum atomic E-state index is 14.0. The van der Waals surface area contributed by atoms with E-state index in [0.29, 0.717) is 0 Å². The topological polar surface area (TPSA) is 126 Å². The Morgan fingerprint density at radius 2 is 1.85 bits per heavy atom. The fourth-order valence-corrected chi connectivity index (χ4v) is 5.33. The Kier molecular flexibility index (Phi) is 9.01. The fraction of sp³-hybridized carbons (Fsp3) is 0.481. The molecule has 3 aromatic rings. The zero-order valence-corrected chi connectivity index (χ0v) is 23.8. The number of aromatic nitrogens is 2. The van der Waals surface area contributed by atoms with Crippen LogP contribution in [0.25, 0.3) is 10.2 Å². The van der Waals surface area contributed by atoms with Crippen LogP contribution in [-0.4, -0.2) is 46.5 Å². The van der Waals surface area contributed by atoms with Gasteiger partial charge in [-0.1, -0.05) is 13.8 Å². The van der Waals surface area contributed by atoms with Crippen molar-refractivity contribution >= 4 is 33.5 Å². The Morgan fingerprint density at radius 3 is 2.44 bits per heavy atom. The second kappa shape index (κ2) is 11.7. The van der Waals surface area contributed by atoms with Gasteiger partial charge in [-0.3, -0.25) is 9.36 Å². The van der Waals surface area contributed by atoms with Crippen LogP contribution in [0.2, 0.25) is 0 Å². The maximum absolute atomic E-state index is 14.0. The van der Waals surface area contributed by atoms with Crippen molar-refractivity contribution in [1.82, 2.24) is 9.13 Å². The molecular weight excluding hydrogens is 531 g/mol. The molecule has 212 valence electrons. The number of hydrogen-bond donors (Lipinski definition) is 1. The molecule has 0 aliphatic heterocycles. The van der Waals surface area contributed by atoms with Gasteiger partial charge in [0.05, 0.1) is 32.3 Å². The SMILES string of the molecule is CCOC(=O)c1sc2c(c1C)c(=O)n(C(C)(C)C(=O)OCC(C)C)c(=O)n2C[C@H](O)c1cc(F)ccc1OC. The zero-order valence-electron chi connectivity index (χ0n) is 23.0. The molecule has 0 spiro atoms. The average molecular weight is 565 g/mol. The quantitative estimate of drug-likeness (QED) is 0.371. The van der Waals surface area contributed by atoms with Crippen LogP contribution in [0, 0.1) is 18.7 Å². The molecule has 0 saturated carbocycles. The number of thiophene rings is 1. The van der Waals surface area contributed by atoms with E-state index in [0.717, 1.165) is 26.5 Å². The van der Waals surface area contributed by atoms with Gasteiger partial charge < -0.3 is 19.3 Å². The summed E-state index contributed by atoms with van der Waals surface area (Å²) in [7, 11) is 1.35. The molecule has 0 fully saturated rings. The molecule has 0 saturated heterocycles. The molecule has 12 heteroatoms. The Labute approximate surface area is 228 Å². The summed E-state index contributed by atoms with van der Waals surface area (Å²) in [6.45, 7) is 9.38. The predicted molar refractivity (Wildman–Crippen MR) is 144 cm³/mol. The van der Waals surface area contributed by atoms with Gasteiger partial charge in [-0.25, -0.2) is 23.3 Å². The first kappa shape index (κ1) is 30.0. The van der Waals surface area contributed by atoms with Crippen LogP contribution >= 0.6 is 11.3 Å². The van der Waals surface area contributed by atoms with Gasteiger partial charge in [-0.05, 0) is 57.4 Å². The number of carbonyl (C=O) groups is 2. The van der Waals surface area contributed by atoms with Gasteiger partial charge in [-0.15, -0.1) is 11.3 Å². The molecule has 1 aromatic carbocycles. The minimum absolute atomic E-state index is 0.0169. The van der Waals surface area contributed by atoms with Crippen molar-refractivity contribution in [2.45, 2.75) is 59.7 Å². The summed E-state index contributed by atoms with van der Waals surface area (Å²) in [5.41, 5.74) is -3.10. The minimum Gasteiger partial charge on any atom is -0.496 e. The summed E-state index contributed by atoms with van der Waals surface area (Å²) in [6, 6.07) is 3.59. The third kappa shape index (κ3) is 5.76. The van der Waals surface area contributed by atoms with Crippen LogP contribution in [0.3, 0.4) is 0 Å². The van der Waals surface area contributed by atoms with E-state index in [-0.39, 0.29) is 51.1 Å². The maximum Gasteiger partial charge on any atom is 0.348 e. The minimum atomic E-state index is -1.74. The van der Waals surface area contributed by atoms with Crippen molar-refractivity contribution in [2.24, 2.45) is 5.92 Å². The van der Waals surface area contributed by atoms with Crippen LogP contribution in [0.4, 0.5) is 4.39 Å². The number of rotatable bonds is 10. The molecule has 0 aliphatic carbocycles. The highest BCUT2D eigenvalue weighted by atomic mass is 32.1. The van der Waals surface area contributed by atoms with Crippen molar-refractivity contribution in [3.8, 4) is 5.75 Å². The Balaban J connectivity index is 2.32. The van der Waals surface area contributed by atoms with Crippen molar-refractivity contribution < 1.29 is 33.3 Å². The molecule has 0 unspecified atom stereocenters. The lowest BCUT2D eigenvalue weighted by Crippen LogP contribution is -2.53. The molecule has 3 rings (SSSR count). The van der Waals surface area contributed by atoms with Crippen molar-refractivity contribution in [1.29, 1.82) is 0 Å². The number of aliphatic hydroxyl groups is 1. The molecule has 1 N–H and O–H groups in total. The first-order chi connectivity index (χ1) is 18.3. The van der Waals surface area contributed by atoms with Gasteiger partial charge in [0, 0.05) is 5.56 Å². The fourth-order valence-electron chi connectivity index (χ4n) is 4.14. The number of aliphatic hydroxyl groups excluding tert-OH is 1. The molecule has 0 aliphatic rings. The highest BCUT2D eigenvalue weighted by molar-refractivity contribution is 7.20. The molecular formula is C27H33FN2O8S. The monoisotopic (exact) mass is 564 g/mol. The lowest BCUT2D eigenvalue weighted by molar-refractivity contribution is -0.154. The van der Waals surface area contributed by atoms with Crippen molar-refractivity contribution in [2.75, 3.05) is 20.3 Å². The van der Waals surface area contributed by atoms with Crippen LogP contribution in [-0.2, 0) is 26.4 Å². The number of hydrogen-bond acceptors (Lipinski definition) is 9. The van der Waals surface area contributed by atoms with Gasteiger partial charge in [0.2, 0.25) is 0 Å². The number of methoxy groups -OCH3 is 1. The third-order valence-electron chi connectivity index (χ3n) is 6.19. The number of fused-ring (bicyclic) bond motifs is 1. The highest BCUT2D eigenvalue weighted by Gasteiger charge is 2.37. The molecule has 39 heavy (non-hydrogen) atoms. The van der Waals surface area contributed by atoms with E-state index < -0.39 is 47.2 Å². The van der Waals surface area contributed by atoms with Crippen LogP contribution in [0.1, 0.15) is 61.5 Å².